The Morgan fingerprint density at radius 3 is 3.17 bits per heavy atom. The number of phenols is 1. The minimum Gasteiger partial charge on any atom is -0.508 e. The summed E-state index contributed by atoms with van der Waals surface area (Å²) in [4.78, 5) is 14.2. The first-order valence-corrected chi connectivity index (χ1v) is 7.42. The normalized spacial score (nSPS) is 23.3. The highest BCUT2D eigenvalue weighted by molar-refractivity contribution is 5.95. The molecule has 1 N–H and O–H groups in total. The lowest BCUT2D eigenvalue weighted by Gasteiger charge is -2.41. The van der Waals surface area contributed by atoms with Crippen LogP contribution in [-0.4, -0.2) is 50.1 Å². The summed E-state index contributed by atoms with van der Waals surface area (Å²) in [6.45, 7) is 1.30. The van der Waals surface area contributed by atoms with Crippen LogP contribution >= 0.6 is 0 Å². The highest BCUT2D eigenvalue weighted by Gasteiger charge is 2.38. The van der Waals surface area contributed by atoms with Crippen molar-refractivity contribution in [2.45, 2.75) is 25.2 Å². The van der Waals surface area contributed by atoms with Gasteiger partial charge in [-0.3, -0.25) is 4.79 Å². The van der Waals surface area contributed by atoms with Crippen molar-refractivity contribution in [2.75, 3.05) is 13.1 Å². The molecule has 2 aliphatic heterocycles. The van der Waals surface area contributed by atoms with Gasteiger partial charge < -0.3 is 14.7 Å². The highest BCUT2D eigenvalue weighted by atomic mass is 19.1. The molecule has 1 aromatic heterocycles. The van der Waals surface area contributed by atoms with E-state index in [0.717, 1.165) is 17.8 Å². The molecular weight excluding hydrogens is 303 g/mol. The Kier molecular flexibility index (Phi) is 3.26. The first-order valence-electron chi connectivity index (χ1n) is 7.42. The zero-order chi connectivity index (χ0) is 16.0. The Morgan fingerprint density at radius 1 is 1.43 bits per heavy atom. The fourth-order valence-electron chi connectivity index (χ4n) is 3.21. The van der Waals surface area contributed by atoms with Gasteiger partial charge in [0.05, 0.1) is 36.2 Å². The molecule has 1 aromatic carbocycles. The molecule has 2 atom stereocenters. The van der Waals surface area contributed by atoms with Crippen LogP contribution in [0.5, 0.6) is 5.75 Å². The number of benzene rings is 1. The Morgan fingerprint density at radius 2 is 2.30 bits per heavy atom. The van der Waals surface area contributed by atoms with Crippen LogP contribution in [0.1, 0.15) is 28.5 Å². The number of carbonyl (C=O) groups is 1. The summed E-state index contributed by atoms with van der Waals surface area (Å²) in [5.41, 5.74) is 0.739. The van der Waals surface area contributed by atoms with Crippen molar-refractivity contribution in [3.8, 4) is 5.75 Å². The van der Waals surface area contributed by atoms with Crippen LogP contribution in [-0.2, 0) is 11.3 Å². The van der Waals surface area contributed by atoms with Crippen LogP contribution in [0.3, 0.4) is 0 Å². The molecule has 3 heterocycles. The van der Waals surface area contributed by atoms with E-state index in [2.05, 4.69) is 10.3 Å². The van der Waals surface area contributed by atoms with Gasteiger partial charge in [-0.25, -0.2) is 9.07 Å². The van der Waals surface area contributed by atoms with Gasteiger partial charge in [-0.2, -0.15) is 0 Å². The van der Waals surface area contributed by atoms with Crippen LogP contribution in [0.2, 0.25) is 0 Å². The molecule has 1 saturated heterocycles. The predicted octanol–water partition coefficient (Wildman–Crippen LogP) is 1.11. The molecule has 2 aliphatic rings. The number of ether oxygens (including phenoxy) is 1. The van der Waals surface area contributed by atoms with Gasteiger partial charge in [0.2, 0.25) is 0 Å². The predicted molar refractivity (Wildman–Crippen MR) is 76.2 cm³/mol. The average Bonchev–Trinajstić information content (AvgIpc) is 3.05. The SMILES string of the molecule is O=C(c1cc(O)ccc1F)N1CC[C@H]2OCc3cnnn3[C@@H]2C1. The molecule has 7 nitrogen and oxygen atoms in total. The third-order valence-corrected chi connectivity index (χ3v) is 4.40. The zero-order valence-corrected chi connectivity index (χ0v) is 12.2. The van der Waals surface area contributed by atoms with E-state index in [-0.39, 0.29) is 23.5 Å². The molecule has 1 fully saturated rings. The first kappa shape index (κ1) is 14.1. The van der Waals surface area contributed by atoms with Gasteiger partial charge in [0.1, 0.15) is 11.6 Å². The molecule has 0 radical (unpaired) electrons. The van der Waals surface area contributed by atoms with E-state index >= 15 is 0 Å². The topological polar surface area (TPSA) is 80.5 Å². The minimum atomic E-state index is -0.642. The highest BCUT2D eigenvalue weighted by Crippen LogP contribution is 2.31. The lowest BCUT2D eigenvalue weighted by atomic mass is 9.99. The van der Waals surface area contributed by atoms with E-state index in [1.54, 1.807) is 15.8 Å². The average molecular weight is 318 g/mol. The Labute approximate surface area is 131 Å². The molecule has 0 unspecified atom stereocenters. The van der Waals surface area contributed by atoms with E-state index in [4.69, 9.17) is 4.74 Å². The molecule has 120 valence electrons. The largest absolute Gasteiger partial charge is 0.508 e. The fraction of sp³-hybridized carbons (Fsp3) is 0.400. The van der Waals surface area contributed by atoms with E-state index in [1.807, 2.05) is 0 Å². The lowest BCUT2D eigenvalue weighted by Crippen LogP contribution is -2.50. The molecular formula is C15H15FN4O3. The maximum Gasteiger partial charge on any atom is 0.257 e. The van der Waals surface area contributed by atoms with E-state index < -0.39 is 11.7 Å². The number of amides is 1. The number of likely N-dealkylation sites (tertiary alicyclic amines) is 1. The third kappa shape index (κ3) is 2.35. The van der Waals surface area contributed by atoms with E-state index in [9.17, 15) is 14.3 Å². The summed E-state index contributed by atoms with van der Waals surface area (Å²) in [6.07, 6.45) is 2.27. The summed E-state index contributed by atoms with van der Waals surface area (Å²) >= 11 is 0. The molecule has 0 aliphatic carbocycles. The zero-order valence-electron chi connectivity index (χ0n) is 12.2. The fourth-order valence-corrected chi connectivity index (χ4v) is 3.21. The maximum atomic E-state index is 13.9. The Hall–Kier alpha value is -2.48. The number of nitrogens with zero attached hydrogens (tertiary/aromatic N) is 4. The van der Waals surface area contributed by atoms with Crippen molar-refractivity contribution in [1.82, 2.24) is 19.9 Å². The van der Waals surface area contributed by atoms with Crippen molar-refractivity contribution in [1.29, 1.82) is 0 Å². The molecule has 8 heteroatoms. The van der Waals surface area contributed by atoms with Crippen LogP contribution in [0.15, 0.2) is 24.4 Å². The lowest BCUT2D eigenvalue weighted by molar-refractivity contribution is -0.0605. The van der Waals surface area contributed by atoms with Crippen molar-refractivity contribution in [3.05, 3.63) is 41.5 Å². The number of phenolic OH excluding ortho intramolecular Hbond substituents is 1. The molecule has 4 rings (SSSR count). The number of aromatic hydroxyl groups is 1. The first-order chi connectivity index (χ1) is 11.1. The van der Waals surface area contributed by atoms with Crippen molar-refractivity contribution >= 4 is 5.91 Å². The second kappa shape index (κ2) is 5.31. The smallest absolute Gasteiger partial charge is 0.257 e. The number of hydrogen-bond acceptors (Lipinski definition) is 5. The number of piperidine rings is 1. The van der Waals surface area contributed by atoms with Crippen LogP contribution < -0.4 is 0 Å². The molecule has 0 spiro atoms. The number of hydrogen-bond donors (Lipinski definition) is 1. The number of halogens is 1. The summed E-state index contributed by atoms with van der Waals surface area (Å²) in [6, 6.07) is 3.34. The van der Waals surface area contributed by atoms with Gasteiger partial charge in [0.25, 0.3) is 5.91 Å². The second-order valence-corrected chi connectivity index (χ2v) is 5.79. The monoisotopic (exact) mass is 318 g/mol. The Balaban J connectivity index is 1.60. The van der Waals surface area contributed by atoms with Crippen LogP contribution in [0.25, 0.3) is 0 Å². The number of aromatic nitrogens is 3. The van der Waals surface area contributed by atoms with E-state index in [0.29, 0.717) is 26.1 Å². The minimum absolute atomic E-state index is 0.0257. The third-order valence-electron chi connectivity index (χ3n) is 4.40. The van der Waals surface area contributed by atoms with Gasteiger partial charge in [0, 0.05) is 13.1 Å². The standard InChI is InChI=1S/C15H15FN4O3/c16-12-2-1-10(21)5-11(12)15(22)19-4-3-14-13(7-19)20-9(8-23-14)6-17-18-20/h1-2,5-6,13-14,21H,3-4,7-8H2/t13-,14-/m1/s1. The quantitative estimate of drug-likeness (QED) is 0.852. The van der Waals surface area contributed by atoms with E-state index in [1.165, 1.54) is 6.07 Å². The van der Waals surface area contributed by atoms with Gasteiger partial charge in [-0.1, -0.05) is 5.21 Å². The summed E-state index contributed by atoms with van der Waals surface area (Å²) in [5, 5.41) is 17.5. The van der Waals surface area contributed by atoms with Gasteiger partial charge >= 0.3 is 0 Å². The Bertz CT molecular complexity index is 763. The second-order valence-electron chi connectivity index (χ2n) is 5.79. The van der Waals surface area contributed by atoms with Crippen molar-refractivity contribution < 1.29 is 19.0 Å². The van der Waals surface area contributed by atoms with Crippen molar-refractivity contribution in [3.63, 3.8) is 0 Å². The summed E-state index contributed by atoms with van der Waals surface area (Å²) in [5.74, 6) is -1.22. The summed E-state index contributed by atoms with van der Waals surface area (Å²) in [7, 11) is 0. The molecule has 23 heavy (non-hydrogen) atoms. The maximum absolute atomic E-state index is 13.9. The number of rotatable bonds is 1. The molecule has 0 saturated carbocycles. The molecule has 0 bridgehead atoms. The van der Waals surface area contributed by atoms with Gasteiger partial charge in [0.15, 0.2) is 0 Å². The van der Waals surface area contributed by atoms with Crippen LogP contribution in [0, 0.1) is 5.82 Å². The van der Waals surface area contributed by atoms with Crippen LogP contribution in [0.4, 0.5) is 4.39 Å². The molecule has 1 amide bonds. The summed E-state index contributed by atoms with van der Waals surface area (Å²) < 4.78 is 21.5. The van der Waals surface area contributed by atoms with Gasteiger partial charge in [-0.15, -0.1) is 5.10 Å². The molecule has 2 aromatic rings. The number of fused-ring (bicyclic) bond motifs is 3. The van der Waals surface area contributed by atoms with Gasteiger partial charge in [-0.05, 0) is 24.6 Å². The number of carbonyl (C=O) groups excluding carboxylic acids is 1. The van der Waals surface area contributed by atoms with Crippen molar-refractivity contribution in [2.24, 2.45) is 0 Å².